The molecule has 23 heavy (non-hydrogen) atoms. The topological polar surface area (TPSA) is 31.2 Å². The molecule has 3 aromatic rings. The highest BCUT2D eigenvalue weighted by Gasteiger charge is 2.12. The van der Waals surface area contributed by atoms with Gasteiger partial charge in [-0.3, -0.25) is 4.79 Å². The zero-order chi connectivity index (χ0) is 16.4. The Morgan fingerprint density at radius 3 is 2.13 bits per heavy atom. The Morgan fingerprint density at radius 2 is 1.61 bits per heavy atom. The number of fused-ring (bicyclic) bond motifs is 3. The summed E-state index contributed by atoms with van der Waals surface area (Å²) in [5, 5.41) is 2.43. The number of nitrogens with zero attached hydrogens (tertiary/aromatic N) is 1. The van der Waals surface area contributed by atoms with E-state index in [0.29, 0.717) is 13.0 Å². The van der Waals surface area contributed by atoms with Gasteiger partial charge in [-0.25, -0.2) is 0 Å². The lowest BCUT2D eigenvalue weighted by Crippen LogP contribution is -2.06. The fourth-order valence-electron chi connectivity index (χ4n) is 2.90. The van der Waals surface area contributed by atoms with Crippen molar-refractivity contribution in [2.75, 3.05) is 6.61 Å². The van der Waals surface area contributed by atoms with Gasteiger partial charge >= 0.3 is 5.97 Å². The van der Waals surface area contributed by atoms with Gasteiger partial charge in [0.2, 0.25) is 0 Å². The first-order valence-electron chi connectivity index (χ1n) is 7.63. The number of benzene rings is 2. The molecule has 0 N–H and O–H groups in total. The molecular formula is C18H17Br2NO2. The van der Waals surface area contributed by atoms with Crippen molar-refractivity contribution in [3.63, 3.8) is 0 Å². The van der Waals surface area contributed by atoms with Crippen LogP contribution in [-0.4, -0.2) is 17.1 Å². The van der Waals surface area contributed by atoms with Crippen molar-refractivity contribution in [2.45, 2.75) is 26.3 Å². The molecule has 0 bridgehead atoms. The van der Waals surface area contributed by atoms with Crippen LogP contribution in [0.2, 0.25) is 0 Å². The van der Waals surface area contributed by atoms with Gasteiger partial charge in [0.15, 0.2) is 0 Å². The zero-order valence-corrected chi connectivity index (χ0v) is 16.0. The average molecular weight is 439 g/mol. The molecule has 2 aromatic carbocycles. The van der Waals surface area contributed by atoms with Gasteiger partial charge in [-0.15, -0.1) is 0 Å². The van der Waals surface area contributed by atoms with Crippen LogP contribution < -0.4 is 0 Å². The molecule has 0 fully saturated rings. The number of esters is 1. The summed E-state index contributed by atoms with van der Waals surface area (Å²) in [6.07, 6.45) is 1.21. The van der Waals surface area contributed by atoms with Crippen LogP contribution in [0.1, 0.15) is 19.8 Å². The molecule has 0 atom stereocenters. The minimum Gasteiger partial charge on any atom is -0.466 e. The first-order chi connectivity index (χ1) is 11.1. The fraction of sp³-hybridized carbons (Fsp3) is 0.278. The molecule has 3 nitrogen and oxygen atoms in total. The Balaban J connectivity index is 1.99. The summed E-state index contributed by atoms with van der Waals surface area (Å²) in [5.41, 5.74) is 2.37. The number of carbonyl (C=O) groups excluding carboxylic acids is 1. The van der Waals surface area contributed by atoms with Crippen molar-refractivity contribution in [1.82, 2.24) is 4.57 Å². The molecule has 0 saturated heterocycles. The van der Waals surface area contributed by atoms with Gasteiger partial charge in [0.05, 0.1) is 6.61 Å². The molecular weight excluding hydrogens is 422 g/mol. The summed E-state index contributed by atoms with van der Waals surface area (Å²) in [6.45, 7) is 3.07. The normalized spacial score (nSPS) is 11.3. The van der Waals surface area contributed by atoms with E-state index in [4.69, 9.17) is 4.74 Å². The van der Waals surface area contributed by atoms with Crippen LogP contribution >= 0.6 is 31.9 Å². The number of hydrogen-bond donors (Lipinski definition) is 0. The minimum absolute atomic E-state index is 0.126. The Labute approximate surface area is 151 Å². The maximum atomic E-state index is 11.5. The number of aromatic nitrogens is 1. The van der Waals surface area contributed by atoms with Crippen LogP contribution in [0, 0.1) is 0 Å². The average Bonchev–Trinajstić information content (AvgIpc) is 2.81. The van der Waals surface area contributed by atoms with E-state index in [2.05, 4.69) is 72.8 Å². The number of carbonyl (C=O) groups is 1. The monoisotopic (exact) mass is 437 g/mol. The van der Waals surface area contributed by atoms with Gasteiger partial charge in [-0.1, -0.05) is 31.9 Å². The maximum absolute atomic E-state index is 11.5. The predicted octanol–water partition coefficient (Wildman–Crippen LogP) is 5.66. The molecule has 0 aliphatic rings. The smallest absolute Gasteiger partial charge is 0.305 e. The molecule has 5 heteroatoms. The summed E-state index contributed by atoms with van der Waals surface area (Å²) >= 11 is 7.11. The molecule has 3 rings (SSSR count). The molecule has 1 aromatic heterocycles. The highest BCUT2D eigenvalue weighted by Crippen LogP contribution is 2.33. The molecule has 0 saturated carbocycles. The molecule has 0 amide bonds. The van der Waals surface area contributed by atoms with E-state index >= 15 is 0 Å². The van der Waals surface area contributed by atoms with E-state index in [1.807, 2.05) is 6.92 Å². The summed E-state index contributed by atoms with van der Waals surface area (Å²) in [7, 11) is 0. The summed E-state index contributed by atoms with van der Waals surface area (Å²) in [5.74, 6) is -0.126. The molecule has 0 aliphatic carbocycles. The van der Waals surface area contributed by atoms with Crippen LogP contribution in [0.5, 0.6) is 0 Å². The lowest BCUT2D eigenvalue weighted by Gasteiger charge is -2.07. The van der Waals surface area contributed by atoms with Crippen LogP contribution in [0.4, 0.5) is 0 Å². The fourth-order valence-corrected chi connectivity index (χ4v) is 3.63. The van der Waals surface area contributed by atoms with E-state index in [0.717, 1.165) is 21.9 Å². The quantitative estimate of drug-likeness (QED) is 0.481. The van der Waals surface area contributed by atoms with E-state index < -0.39 is 0 Å². The van der Waals surface area contributed by atoms with Gasteiger partial charge in [0, 0.05) is 43.7 Å². The number of aryl methyl sites for hydroxylation is 1. The Hall–Kier alpha value is -1.33. The number of hydrogen-bond acceptors (Lipinski definition) is 2. The zero-order valence-electron chi connectivity index (χ0n) is 12.8. The first kappa shape index (κ1) is 16.5. The van der Waals surface area contributed by atoms with Gasteiger partial charge in [0.1, 0.15) is 0 Å². The van der Waals surface area contributed by atoms with E-state index in [1.54, 1.807) is 0 Å². The molecule has 120 valence electrons. The van der Waals surface area contributed by atoms with Crippen molar-refractivity contribution in [1.29, 1.82) is 0 Å². The minimum atomic E-state index is -0.126. The second kappa shape index (κ2) is 7.05. The van der Waals surface area contributed by atoms with E-state index in [9.17, 15) is 4.79 Å². The number of halogens is 2. The van der Waals surface area contributed by atoms with Crippen molar-refractivity contribution in [3.8, 4) is 0 Å². The Bertz CT molecular complexity index is 811. The SMILES string of the molecule is CCOC(=O)CCCn1c2ccc(Br)cc2c2cc(Br)ccc21. The van der Waals surface area contributed by atoms with E-state index in [1.165, 1.54) is 21.8 Å². The highest BCUT2D eigenvalue weighted by atomic mass is 79.9. The molecule has 1 heterocycles. The van der Waals surface area contributed by atoms with Crippen molar-refractivity contribution < 1.29 is 9.53 Å². The molecule has 0 radical (unpaired) electrons. The predicted molar refractivity (Wildman–Crippen MR) is 101 cm³/mol. The highest BCUT2D eigenvalue weighted by molar-refractivity contribution is 9.10. The van der Waals surface area contributed by atoms with Gasteiger partial charge in [0.25, 0.3) is 0 Å². The summed E-state index contributed by atoms with van der Waals surface area (Å²) < 4.78 is 9.42. The van der Waals surface area contributed by atoms with Gasteiger partial charge in [-0.2, -0.15) is 0 Å². The third-order valence-electron chi connectivity index (χ3n) is 3.86. The van der Waals surface area contributed by atoms with Gasteiger partial charge in [-0.05, 0) is 49.7 Å². The second-order valence-electron chi connectivity index (χ2n) is 5.38. The molecule has 0 aliphatic heterocycles. The number of rotatable bonds is 5. The lowest BCUT2D eigenvalue weighted by atomic mass is 10.2. The number of ether oxygens (including phenoxy) is 1. The first-order valence-corrected chi connectivity index (χ1v) is 9.21. The third kappa shape index (κ3) is 3.45. The van der Waals surface area contributed by atoms with Gasteiger partial charge < -0.3 is 9.30 Å². The van der Waals surface area contributed by atoms with Crippen LogP contribution in [0.25, 0.3) is 21.8 Å². The van der Waals surface area contributed by atoms with Crippen molar-refractivity contribution in [2.24, 2.45) is 0 Å². The summed E-state index contributed by atoms with van der Waals surface area (Å²) in [4.78, 5) is 11.5. The van der Waals surface area contributed by atoms with Crippen LogP contribution in [0.3, 0.4) is 0 Å². The molecule has 0 unspecified atom stereocenters. The Morgan fingerprint density at radius 1 is 1.04 bits per heavy atom. The van der Waals surface area contributed by atoms with Crippen molar-refractivity contribution in [3.05, 3.63) is 45.3 Å². The molecule has 0 spiro atoms. The Kier molecular flexibility index (Phi) is 5.07. The van der Waals surface area contributed by atoms with E-state index in [-0.39, 0.29) is 5.97 Å². The van der Waals surface area contributed by atoms with Crippen molar-refractivity contribution >= 4 is 59.6 Å². The van der Waals surface area contributed by atoms with Crippen LogP contribution in [0.15, 0.2) is 45.3 Å². The lowest BCUT2D eigenvalue weighted by molar-refractivity contribution is -0.143. The second-order valence-corrected chi connectivity index (χ2v) is 7.21. The maximum Gasteiger partial charge on any atom is 0.305 e. The standard InChI is InChI=1S/C18H17Br2NO2/c1-2-23-18(22)4-3-9-21-16-7-5-12(19)10-14(16)15-11-13(20)6-8-17(15)21/h5-8,10-11H,2-4,9H2,1H3. The third-order valence-corrected chi connectivity index (χ3v) is 4.84. The summed E-state index contributed by atoms with van der Waals surface area (Å²) in [6, 6.07) is 12.6. The van der Waals surface area contributed by atoms with Crippen LogP contribution in [-0.2, 0) is 16.1 Å². The largest absolute Gasteiger partial charge is 0.466 e.